The second-order valence-corrected chi connectivity index (χ2v) is 5.39. The summed E-state index contributed by atoms with van der Waals surface area (Å²) in [6.07, 6.45) is -1.49. The highest BCUT2D eigenvalue weighted by Crippen LogP contribution is 2.19. The van der Waals surface area contributed by atoms with E-state index in [0.29, 0.717) is 5.56 Å². The van der Waals surface area contributed by atoms with Crippen molar-refractivity contribution in [2.24, 2.45) is 0 Å². The molecule has 7 heteroatoms. The summed E-state index contributed by atoms with van der Waals surface area (Å²) in [5, 5.41) is 20.0. The maximum atomic E-state index is 11.7. The molecule has 0 aliphatic carbocycles. The van der Waals surface area contributed by atoms with Crippen LogP contribution >= 0.6 is 31.9 Å². The number of halogens is 2. The molecule has 0 saturated carbocycles. The fourth-order valence-corrected chi connectivity index (χ4v) is 2.53. The van der Waals surface area contributed by atoms with Crippen LogP contribution in [-0.4, -0.2) is 34.7 Å². The number of benzene rings is 1. The molecule has 3 N–H and O–H groups in total. The Morgan fingerprint density at radius 1 is 1.22 bits per heavy atom. The van der Waals surface area contributed by atoms with Crippen molar-refractivity contribution in [2.75, 3.05) is 6.54 Å². The summed E-state index contributed by atoms with van der Waals surface area (Å²) in [5.41, 5.74) is 0.445. The molecule has 1 aromatic carbocycles. The Hall–Kier alpha value is -0.920. The molecule has 0 saturated heterocycles. The van der Waals surface area contributed by atoms with E-state index in [1.54, 1.807) is 18.2 Å². The molecule has 18 heavy (non-hydrogen) atoms. The van der Waals surface area contributed by atoms with Gasteiger partial charge in [-0.3, -0.25) is 4.79 Å². The van der Waals surface area contributed by atoms with Crippen LogP contribution in [0.4, 0.5) is 0 Å². The highest BCUT2D eigenvalue weighted by Gasteiger charge is 2.13. The molecule has 1 aromatic rings. The molecule has 5 nitrogen and oxygen atoms in total. The molecule has 0 bridgehead atoms. The number of carbonyl (C=O) groups is 2. The van der Waals surface area contributed by atoms with Gasteiger partial charge in [0.1, 0.15) is 0 Å². The molecule has 0 spiro atoms. The van der Waals surface area contributed by atoms with Gasteiger partial charge in [-0.1, -0.05) is 31.9 Å². The first-order valence-electron chi connectivity index (χ1n) is 5.05. The number of nitrogens with one attached hydrogen (secondary N) is 1. The number of aliphatic carboxylic acids is 1. The predicted octanol–water partition coefficient (Wildman–Crippen LogP) is 1.78. The van der Waals surface area contributed by atoms with Crippen LogP contribution < -0.4 is 5.32 Å². The highest BCUT2D eigenvalue weighted by atomic mass is 79.9. The standard InChI is InChI=1S/C11H11Br2NO4/c12-7-3-6(4-8(13)5-7)10(16)14-2-1-9(15)11(17)18/h3-5,9,15H,1-2H2,(H,14,16)(H,17,18). The molecule has 0 aliphatic rings. The number of hydrogen-bond donors (Lipinski definition) is 3. The average Bonchev–Trinajstić information content (AvgIpc) is 2.27. The first kappa shape index (κ1) is 15.1. The Balaban J connectivity index is 2.53. The number of hydrogen-bond acceptors (Lipinski definition) is 3. The van der Waals surface area contributed by atoms with Gasteiger partial charge in [0.2, 0.25) is 0 Å². The Kier molecular flexibility index (Phi) is 5.77. The third kappa shape index (κ3) is 4.75. The zero-order valence-electron chi connectivity index (χ0n) is 9.19. The second-order valence-electron chi connectivity index (χ2n) is 3.56. The zero-order chi connectivity index (χ0) is 13.7. The van der Waals surface area contributed by atoms with Crippen LogP contribution in [0.5, 0.6) is 0 Å². The van der Waals surface area contributed by atoms with Crippen LogP contribution in [0.15, 0.2) is 27.1 Å². The van der Waals surface area contributed by atoms with E-state index in [2.05, 4.69) is 37.2 Å². The second kappa shape index (κ2) is 6.86. The van der Waals surface area contributed by atoms with Gasteiger partial charge < -0.3 is 15.5 Å². The summed E-state index contributed by atoms with van der Waals surface area (Å²) in [4.78, 5) is 22.1. The van der Waals surface area contributed by atoms with Crippen molar-refractivity contribution in [3.63, 3.8) is 0 Å². The van der Waals surface area contributed by atoms with Gasteiger partial charge in [0, 0.05) is 27.5 Å². The van der Waals surface area contributed by atoms with Gasteiger partial charge in [-0.15, -0.1) is 0 Å². The van der Waals surface area contributed by atoms with Crippen molar-refractivity contribution < 1.29 is 19.8 Å². The Bertz CT molecular complexity index is 444. The molecular formula is C11H11Br2NO4. The van der Waals surface area contributed by atoms with Gasteiger partial charge in [-0.25, -0.2) is 4.79 Å². The van der Waals surface area contributed by atoms with Crippen LogP contribution in [0.1, 0.15) is 16.8 Å². The SMILES string of the molecule is O=C(NCCC(O)C(=O)O)c1cc(Br)cc(Br)c1. The molecule has 1 atom stereocenters. The number of carboxylic acids is 1. The monoisotopic (exact) mass is 379 g/mol. The fourth-order valence-electron chi connectivity index (χ4n) is 1.23. The number of rotatable bonds is 5. The number of aliphatic hydroxyl groups is 1. The van der Waals surface area contributed by atoms with Crippen LogP contribution in [0.3, 0.4) is 0 Å². The number of carboxylic acid groups (broad SMARTS) is 1. The van der Waals surface area contributed by atoms with E-state index in [4.69, 9.17) is 10.2 Å². The molecule has 0 aliphatic heterocycles. The lowest BCUT2D eigenvalue weighted by molar-refractivity contribution is -0.146. The van der Waals surface area contributed by atoms with Gasteiger partial charge in [-0.05, 0) is 18.2 Å². The molecule has 1 unspecified atom stereocenters. The lowest BCUT2D eigenvalue weighted by atomic mass is 10.2. The van der Waals surface area contributed by atoms with Crippen molar-refractivity contribution in [3.8, 4) is 0 Å². The van der Waals surface area contributed by atoms with Crippen LogP contribution in [-0.2, 0) is 4.79 Å². The maximum absolute atomic E-state index is 11.7. The van der Waals surface area contributed by atoms with Crippen LogP contribution in [0, 0.1) is 0 Å². The molecule has 1 rings (SSSR count). The van der Waals surface area contributed by atoms with Gasteiger partial charge >= 0.3 is 5.97 Å². The topological polar surface area (TPSA) is 86.6 Å². The van der Waals surface area contributed by atoms with E-state index in [-0.39, 0.29) is 18.9 Å². The normalized spacial score (nSPS) is 11.9. The molecule has 0 radical (unpaired) electrons. The lowest BCUT2D eigenvalue weighted by Gasteiger charge is -2.08. The van der Waals surface area contributed by atoms with E-state index in [1.807, 2.05) is 0 Å². The molecule has 0 fully saturated rings. The summed E-state index contributed by atoms with van der Waals surface area (Å²) in [7, 11) is 0. The highest BCUT2D eigenvalue weighted by molar-refractivity contribution is 9.11. The third-order valence-electron chi connectivity index (χ3n) is 2.11. The molecule has 0 aromatic heterocycles. The fraction of sp³-hybridized carbons (Fsp3) is 0.273. The van der Waals surface area contributed by atoms with Gasteiger partial charge in [0.25, 0.3) is 5.91 Å². The largest absolute Gasteiger partial charge is 0.479 e. The van der Waals surface area contributed by atoms with Crippen molar-refractivity contribution in [3.05, 3.63) is 32.7 Å². The molecule has 1 amide bonds. The number of aliphatic hydroxyl groups excluding tert-OH is 1. The van der Waals surface area contributed by atoms with Gasteiger partial charge in [-0.2, -0.15) is 0 Å². The molecule has 98 valence electrons. The lowest BCUT2D eigenvalue weighted by Crippen LogP contribution is -2.30. The molecule has 0 heterocycles. The summed E-state index contributed by atoms with van der Waals surface area (Å²) >= 11 is 6.53. The first-order chi connectivity index (χ1) is 8.40. The minimum Gasteiger partial charge on any atom is -0.479 e. The van der Waals surface area contributed by atoms with Crippen LogP contribution in [0.25, 0.3) is 0 Å². The van der Waals surface area contributed by atoms with E-state index >= 15 is 0 Å². The number of carbonyl (C=O) groups excluding carboxylic acids is 1. The summed E-state index contributed by atoms with van der Waals surface area (Å²) in [6.45, 7) is 0.0937. The Morgan fingerprint density at radius 3 is 2.28 bits per heavy atom. The van der Waals surface area contributed by atoms with Gasteiger partial charge in [0.05, 0.1) is 0 Å². The van der Waals surface area contributed by atoms with E-state index in [0.717, 1.165) is 8.95 Å². The number of amides is 1. The van der Waals surface area contributed by atoms with E-state index in [9.17, 15) is 9.59 Å². The predicted molar refractivity (Wildman–Crippen MR) is 72.4 cm³/mol. The van der Waals surface area contributed by atoms with E-state index in [1.165, 1.54) is 0 Å². The summed E-state index contributed by atoms with van der Waals surface area (Å²) in [6, 6.07) is 5.09. The minimum atomic E-state index is -1.46. The van der Waals surface area contributed by atoms with Gasteiger partial charge in [0.15, 0.2) is 6.10 Å². The first-order valence-corrected chi connectivity index (χ1v) is 6.64. The van der Waals surface area contributed by atoms with Crippen molar-refractivity contribution in [2.45, 2.75) is 12.5 Å². The summed E-state index contributed by atoms with van der Waals surface area (Å²) in [5.74, 6) is -1.62. The third-order valence-corrected chi connectivity index (χ3v) is 3.03. The zero-order valence-corrected chi connectivity index (χ0v) is 12.4. The van der Waals surface area contributed by atoms with Crippen LogP contribution in [0.2, 0.25) is 0 Å². The Labute approximate surface area is 120 Å². The summed E-state index contributed by atoms with van der Waals surface area (Å²) < 4.78 is 1.51. The van der Waals surface area contributed by atoms with Crippen molar-refractivity contribution in [1.29, 1.82) is 0 Å². The maximum Gasteiger partial charge on any atom is 0.332 e. The minimum absolute atomic E-state index is 0.0315. The van der Waals surface area contributed by atoms with Crippen molar-refractivity contribution in [1.82, 2.24) is 5.32 Å². The molecular weight excluding hydrogens is 370 g/mol. The average molecular weight is 381 g/mol. The smallest absolute Gasteiger partial charge is 0.332 e. The quantitative estimate of drug-likeness (QED) is 0.726. The van der Waals surface area contributed by atoms with E-state index < -0.39 is 12.1 Å². The Morgan fingerprint density at radius 2 is 1.78 bits per heavy atom. The van der Waals surface area contributed by atoms with Crippen molar-refractivity contribution >= 4 is 43.7 Å².